The number of nitrogens with zero attached hydrogens (tertiary/aromatic N) is 1. The maximum atomic E-state index is 13.2. The van der Waals surface area contributed by atoms with Crippen molar-refractivity contribution in [2.75, 3.05) is 7.11 Å². The Morgan fingerprint density at radius 1 is 1.24 bits per heavy atom. The monoisotopic (exact) mass is 343 g/mol. The van der Waals surface area contributed by atoms with Gasteiger partial charge in [0.05, 0.1) is 12.7 Å². The van der Waals surface area contributed by atoms with E-state index in [-0.39, 0.29) is 28.7 Å². The summed E-state index contributed by atoms with van der Waals surface area (Å²) >= 11 is 0. The number of carbonyl (C=O) groups excluding carboxylic acids is 1. The van der Waals surface area contributed by atoms with E-state index in [2.05, 4.69) is 0 Å². The van der Waals surface area contributed by atoms with Crippen LogP contribution in [0, 0.1) is 0 Å². The fourth-order valence-corrected chi connectivity index (χ4v) is 4.31. The van der Waals surface area contributed by atoms with Crippen molar-refractivity contribution in [2.24, 2.45) is 0 Å². The predicted molar refractivity (Wildman–Crippen MR) is 91.6 cm³/mol. The highest BCUT2D eigenvalue weighted by molar-refractivity contribution is 6.10. The molecule has 25 heavy (non-hydrogen) atoms. The van der Waals surface area contributed by atoms with Gasteiger partial charge in [0.2, 0.25) is 0 Å². The molecule has 2 aromatic rings. The zero-order valence-electron chi connectivity index (χ0n) is 14.4. The average Bonchev–Trinajstić information content (AvgIpc) is 2.82. The minimum Gasteiger partial charge on any atom is -0.493 e. The normalized spacial score (nSPS) is 24.0. The molecule has 2 aliphatic rings. The predicted octanol–water partition coefficient (Wildman–Crippen LogP) is 2.76. The number of carbonyl (C=O) groups is 1. The van der Waals surface area contributed by atoms with Crippen LogP contribution in [0.2, 0.25) is 0 Å². The molecule has 1 fully saturated rings. The first kappa shape index (κ1) is 16.1. The number of hydrogen-bond acceptors (Lipinski definition) is 5. The summed E-state index contributed by atoms with van der Waals surface area (Å²) in [6.07, 6.45) is 4.84. The van der Waals surface area contributed by atoms with Crippen molar-refractivity contribution in [1.82, 2.24) is 4.90 Å². The SMILES string of the molecule is COc1cccc2c3c(c(=O)oc12)C(C)(O)N(C1CCCCC1)C3=O. The van der Waals surface area contributed by atoms with Gasteiger partial charge in [-0.05, 0) is 25.8 Å². The molecule has 0 saturated heterocycles. The van der Waals surface area contributed by atoms with Gasteiger partial charge in [0, 0.05) is 11.4 Å². The molecule has 132 valence electrons. The molecule has 1 aliphatic heterocycles. The van der Waals surface area contributed by atoms with Crippen LogP contribution in [0.5, 0.6) is 5.75 Å². The molecular formula is C19H21NO5. The maximum Gasteiger partial charge on any atom is 0.345 e. The first-order chi connectivity index (χ1) is 12.0. The molecule has 1 aliphatic carbocycles. The van der Waals surface area contributed by atoms with Crippen LogP contribution >= 0.6 is 0 Å². The van der Waals surface area contributed by atoms with E-state index in [9.17, 15) is 14.7 Å². The molecule has 1 N–H and O–H groups in total. The largest absolute Gasteiger partial charge is 0.493 e. The summed E-state index contributed by atoms with van der Waals surface area (Å²) in [6, 6.07) is 5.07. The maximum absolute atomic E-state index is 13.2. The highest BCUT2D eigenvalue weighted by atomic mass is 16.5. The molecule has 1 unspecified atom stereocenters. The third-order valence-electron chi connectivity index (χ3n) is 5.43. The number of amides is 1. The van der Waals surface area contributed by atoms with E-state index < -0.39 is 11.4 Å². The van der Waals surface area contributed by atoms with Crippen LogP contribution in [0.15, 0.2) is 27.4 Å². The van der Waals surface area contributed by atoms with Gasteiger partial charge in [-0.25, -0.2) is 4.79 Å². The second-order valence-corrected chi connectivity index (χ2v) is 6.96. The zero-order valence-corrected chi connectivity index (χ0v) is 14.4. The van der Waals surface area contributed by atoms with E-state index in [1.54, 1.807) is 18.2 Å². The topological polar surface area (TPSA) is 80.0 Å². The van der Waals surface area contributed by atoms with E-state index in [1.807, 2.05) is 0 Å². The number of benzene rings is 1. The van der Waals surface area contributed by atoms with Crippen molar-refractivity contribution in [1.29, 1.82) is 0 Å². The van der Waals surface area contributed by atoms with Gasteiger partial charge in [0.1, 0.15) is 5.56 Å². The van der Waals surface area contributed by atoms with Gasteiger partial charge in [0.15, 0.2) is 17.1 Å². The van der Waals surface area contributed by atoms with E-state index in [4.69, 9.17) is 9.15 Å². The Balaban J connectivity index is 1.97. The summed E-state index contributed by atoms with van der Waals surface area (Å²) in [4.78, 5) is 27.3. The summed E-state index contributed by atoms with van der Waals surface area (Å²) in [5, 5.41) is 11.6. The molecule has 4 rings (SSSR count). The number of para-hydroxylation sites is 1. The van der Waals surface area contributed by atoms with Gasteiger partial charge >= 0.3 is 5.63 Å². The van der Waals surface area contributed by atoms with Gasteiger partial charge in [-0.2, -0.15) is 0 Å². The fraction of sp³-hybridized carbons (Fsp3) is 0.474. The lowest BCUT2D eigenvalue weighted by molar-refractivity contribution is -0.0942. The van der Waals surface area contributed by atoms with E-state index in [1.165, 1.54) is 18.9 Å². The summed E-state index contributed by atoms with van der Waals surface area (Å²) in [5.74, 6) is 0.0824. The third kappa shape index (κ3) is 2.20. The lowest BCUT2D eigenvalue weighted by Crippen LogP contribution is -2.49. The van der Waals surface area contributed by atoms with Crippen LogP contribution in [-0.2, 0) is 5.72 Å². The van der Waals surface area contributed by atoms with E-state index in [0.29, 0.717) is 11.1 Å². The molecule has 0 radical (unpaired) electrons. The molecule has 6 heteroatoms. The second-order valence-electron chi connectivity index (χ2n) is 6.96. The summed E-state index contributed by atoms with van der Waals surface area (Å²) in [6.45, 7) is 1.51. The van der Waals surface area contributed by atoms with Crippen molar-refractivity contribution >= 4 is 16.9 Å². The summed E-state index contributed by atoms with van der Waals surface area (Å²) < 4.78 is 10.7. The van der Waals surface area contributed by atoms with Gasteiger partial charge in [-0.1, -0.05) is 31.4 Å². The van der Waals surface area contributed by atoms with Crippen LogP contribution in [0.3, 0.4) is 0 Å². The first-order valence-corrected chi connectivity index (χ1v) is 8.67. The Morgan fingerprint density at radius 3 is 2.64 bits per heavy atom. The second kappa shape index (κ2) is 5.59. The lowest BCUT2D eigenvalue weighted by atomic mass is 9.93. The summed E-state index contributed by atoms with van der Waals surface area (Å²) in [5.41, 5.74) is -1.84. The van der Waals surface area contributed by atoms with Crippen LogP contribution < -0.4 is 10.4 Å². The number of hydrogen-bond donors (Lipinski definition) is 1. The molecule has 1 saturated carbocycles. The van der Waals surface area contributed by atoms with Crippen LogP contribution in [-0.4, -0.2) is 29.1 Å². The number of aliphatic hydroxyl groups is 1. The summed E-state index contributed by atoms with van der Waals surface area (Å²) in [7, 11) is 1.48. The van der Waals surface area contributed by atoms with Crippen molar-refractivity contribution in [3.63, 3.8) is 0 Å². The van der Waals surface area contributed by atoms with Gasteiger partial charge < -0.3 is 19.2 Å². The molecular weight excluding hydrogens is 322 g/mol. The van der Waals surface area contributed by atoms with Crippen molar-refractivity contribution in [2.45, 2.75) is 50.8 Å². The third-order valence-corrected chi connectivity index (χ3v) is 5.43. The van der Waals surface area contributed by atoms with Crippen LogP contribution in [0.25, 0.3) is 11.0 Å². The van der Waals surface area contributed by atoms with Crippen molar-refractivity contribution < 1.29 is 19.1 Å². The minimum atomic E-state index is -1.66. The minimum absolute atomic E-state index is 0.0313. The first-order valence-electron chi connectivity index (χ1n) is 8.67. The van der Waals surface area contributed by atoms with Crippen molar-refractivity contribution in [3.05, 3.63) is 39.7 Å². The molecule has 1 amide bonds. The molecule has 0 bridgehead atoms. The lowest BCUT2D eigenvalue weighted by Gasteiger charge is -2.38. The van der Waals surface area contributed by atoms with Crippen LogP contribution in [0.4, 0.5) is 0 Å². The molecule has 2 heterocycles. The number of fused-ring (bicyclic) bond motifs is 3. The van der Waals surface area contributed by atoms with Crippen molar-refractivity contribution in [3.8, 4) is 5.75 Å². The van der Waals surface area contributed by atoms with Gasteiger partial charge in [-0.3, -0.25) is 4.79 Å². The Morgan fingerprint density at radius 2 is 1.96 bits per heavy atom. The average molecular weight is 343 g/mol. The fourth-order valence-electron chi connectivity index (χ4n) is 4.31. The zero-order chi connectivity index (χ0) is 17.8. The number of methoxy groups -OCH3 is 1. The standard InChI is InChI=1S/C19H21NO5/c1-19(23)15-14(17(21)20(19)11-7-4-3-5-8-11)12-9-6-10-13(24-2)16(12)25-18(15)22/h6,9-11,23H,3-5,7-8H2,1-2H3. The van der Waals surface area contributed by atoms with Crippen LogP contribution in [0.1, 0.15) is 54.9 Å². The smallest absolute Gasteiger partial charge is 0.345 e. The molecule has 1 aromatic heterocycles. The molecule has 1 atom stereocenters. The van der Waals surface area contributed by atoms with E-state index in [0.717, 1.165) is 32.1 Å². The highest BCUT2D eigenvalue weighted by Gasteiger charge is 2.51. The number of ether oxygens (including phenoxy) is 1. The quantitative estimate of drug-likeness (QED) is 0.848. The molecule has 6 nitrogen and oxygen atoms in total. The Labute approximate surface area is 145 Å². The highest BCUT2D eigenvalue weighted by Crippen LogP contribution is 2.43. The van der Waals surface area contributed by atoms with Gasteiger partial charge in [-0.15, -0.1) is 0 Å². The Kier molecular flexibility index (Phi) is 3.61. The molecule has 1 aromatic carbocycles. The molecule has 0 spiro atoms. The van der Waals surface area contributed by atoms with Gasteiger partial charge in [0.25, 0.3) is 5.91 Å². The van der Waals surface area contributed by atoms with E-state index >= 15 is 0 Å². The Bertz CT molecular complexity index is 908. The Hall–Kier alpha value is -2.34. The number of rotatable bonds is 2.